The van der Waals surface area contributed by atoms with Gasteiger partial charge in [0.15, 0.2) is 0 Å². The van der Waals surface area contributed by atoms with Crippen molar-refractivity contribution < 1.29 is 14.6 Å². The molecule has 0 bridgehead atoms. The highest BCUT2D eigenvalue weighted by Crippen LogP contribution is 2.36. The Morgan fingerprint density at radius 2 is 2.22 bits per heavy atom. The number of esters is 1. The summed E-state index contributed by atoms with van der Waals surface area (Å²) in [4.78, 5) is 16.7. The van der Waals surface area contributed by atoms with E-state index < -0.39 is 12.0 Å². The number of anilines is 1. The molecule has 1 aliphatic heterocycles. The molecule has 120 valence electrons. The number of phenolic OH excluding ortho intramolecular Hbond substituents is 1. The van der Waals surface area contributed by atoms with Crippen molar-refractivity contribution in [2.75, 3.05) is 5.32 Å². The van der Waals surface area contributed by atoms with Gasteiger partial charge in [0.1, 0.15) is 18.1 Å². The van der Waals surface area contributed by atoms with Crippen LogP contribution in [0.1, 0.15) is 32.4 Å². The second-order valence-electron chi connectivity index (χ2n) is 5.64. The van der Waals surface area contributed by atoms with Crippen LogP contribution in [-0.2, 0) is 9.53 Å². The van der Waals surface area contributed by atoms with Crippen LogP contribution in [0.2, 0.25) is 0 Å². The molecule has 0 saturated carbocycles. The molecule has 0 amide bonds. The Labute approximate surface area is 133 Å². The summed E-state index contributed by atoms with van der Waals surface area (Å²) in [6.07, 6.45) is 1.19. The number of allylic oxidation sites excluding steroid dienone is 1. The molecule has 0 spiro atoms. The SMILES string of the molecule is CC1=C(C(=O)OC(C)C)C(c2cccc(O)c2)n2ncnc2N1. The number of phenols is 1. The molecule has 2 heterocycles. The van der Waals surface area contributed by atoms with E-state index in [-0.39, 0.29) is 11.9 Å². The minimum absolute atomic E-state index is 0.122. The fraction of sp³-hybridized carbons (Fsp3) is 0.312. The Kier molecular flexibility index (Phi) is 3.77. The Bertz CT molecular complexity index is 779. The summed E-state index contributed by atoms with van der Waals surface area (Å²) < 4.78 is 6.98. The molecule has 1 aromatic heterocycles. The maximum absolute atomic E-state index is 12.6. The summed E-state index contributed by atoms with van der Waals surface area (Å²) in [6, 6.07) is 6.24. The minimum atomic E-state index is -0.507. The summed E-state index contributed by atoms with van der Waals surface area (Å²) in [5, 5.41) is 17.1. The van der Waals surface area contributed by atoms with Crippen LogP contribution < -0.4 is 5.32 Å². The van der Waals surface area contributed by atoms with Gasteiger partial charge in [0.2, 0.25) is 5.95 Å². The summed E-state index contributed by atoms with van der Waals surface area (Å²) >= 11 is 0. The first-order valence-electron chi connectivity index (χ1n) is 7.34. The van der Waals surface area contributed by atoms with Gasteiger partial charge in [-0.1, -0.05) is 12.1 Å². The van der Waals surface area contributed by atoms with Gasteiger partial charge in [0, 0.05) is 5.70 Å². The zero-order chi connectivity index (χ0) is 16.6. The van der Waals surface area contributed by atoms with Gasteiger partial charge in [0.05, 0.1) is 11.7 Å². The van der Waals surface area contributed by atoms with Crippen LogP contribution >= 0.6 is 0 Å². The first-order chi connectivity index (χ1) is 11.0. The average molecular weight is 314 g/mol. The van der Waals surface area contributed by atoms with Crippen molar-refractivity contribution in [1.82, 2.24) is 14.8 Å². The molecule has 0 saturated heterocycles. The maximum atomic E-state index is 12.6. The predicted octanol–water partition coefficient (Wildman–Crippen LogP) is 2.22. The standard InChI is InChI=1S/C16H18N4O3/c1-9(2)23-15(22)13-10(3)19-16-17-8-18-20(16)14(13)11-5-4-6-12(21)7-11/h4-9,14,21H,1-3H3,(H,17,18,19). The zero-order valence-electron chi connectivity index (χ0n) is 13.1. The largest absolute Gasteiger partial charge is 0.508 e. The fourth-order valence-electron chi connectivity index (χ4n) is 2.64. The minimum Gasteiger partial charge on any atom is -0.508 e. The fourth-order valence-corrected chi connectivity index (χ4v) is 2.64. The van der Waals surface area contributed by atoms with Crippen molar-refractivity contribution in [1.29, 1.82) is 0 Å². The Morgan fingerprint density at radius 3 is 2.91 bits per heavy atom. The van der Waals surface area contributed by atoms with Gasteiger partial charge < -0.3 is 15.2 Å². The molecule has 0 radical (unpaired) electrons. The molecule has 3 rings (SSSR count). The van der Waals surface area contributed by atoms with E-state index in [2.05, 4.69) is 15.4 Å². The molecule has 7 heteroatoms. The lowest BCUT2D eigenvalue weighted by Crippen LogP contribution is -2.30. The second kappa shape index (κ2) is 5.75. The second-order valence-corrected chi connectivity index (χ2v) is 5.64. The van der Waals surface area contributed by atoms with E-state index >= 15 is 0 Å². The van der Waals surface area contributed by atoms with Crippen molar-refractivity contribution in [2.45, 2.75) is 32.9 Å². The van der Waals surface area contributed by atoms with Crippen molar-refractivity contribution >= 4 is 11.9 Å². The number of carbonyl (C=O) groups excluding carboxylic acids is 1. The Balaban J connectivity index is 2.13. The number of nitrogens with one attached hydrogen (secondary N) is 1. The normalized spacial score (nSPS) is 17.0. The van der Waals surface area contributed by atoms with E-state index in [1.807, 2.05) is 6.07 Å². The van der Waals surface area contributed by atoms with E-state index in [9.17, 15) is 9.90 Å². The molecule has 1 atom stereocenters. The maximum Gasteiger partial charge on any atom is 0.338 e. The molecule has 2 N–H and O–H groups in total. The lowest BCUT2D eigenvalue weighted by Gasteiger charge is -2.28. The van der Waals surface area contributed by atoms with E-state index in [1.54, 1.807) is 43.7 Å². The van der Waals surface area contributed by atoms with Crippen molar-refractivity contribution in [3.8, 4) is 5.75 Å². The van der Waals surface area contributed by atoms with Crippen LogP contribution in [0, 0.1) is 0 Å². The first kappa shape index (κ1) is 15.1. The zero-order valence-corrected chi connectivity index (χ0v) is 13.1. The number of nitrogens with zero attached hydrogens (tertiary/aromatic N) is 3. The number of aromatic nitrogens is 3. The smallest absolute Gasteiger partial charge is 0.338 e. The first-order valence-corrected chi connectivity index (χ1v) is 7.34. The highest BCUT2D eigenvalue weighted by molar-refractivity contribution is 5.92. The third-order valence-electron chi connectivity index (χ3n) is 3.54. The number of aromatic hydroxyl groups is 1. The molecule has 0 fully saturated rings. The summed E-state index contributed by atoms with van der Waals surface area (Å²) in [5.74, 6) is 0.244. The highest BCUT2D eigenvalue weighted by atomic mass is 16.5. The van der Waals surface area contributed by atoms with Crippen molar-refractivity contribution in [3.63, 3.8) is 0 Å². The Hall–Kier alpha value is -2.83. The topological polar surface area (TPSA) is 89.3 Å². The average Bonchev–Trinajstić information content (AvgIpc) is 2.92. The molecular formula is C16H18N4O3. The highest BCUT2D eigenvalue weighted by Gasteiger charge is 2.34. The molecule has 0 aliphatic carbocycles. The summed E-state index contributed by atoms with van der Waals surface area (Å²) in [6.45, 7) is 5.40. The molecule has 1 aromatic carbocycles. The van der Waals surface area contributed by atoms with Gasteiger partial charge in [-0.3, -0.25) is 0 Å². The van der Waals surface area contributed by atoms with Crippen molar-refractivity contribution in [2.24, 2.45) is 0 Å². The quantitative estimate of drug-likeness (QED) is 0.845. The monoisotopic (exact) mass is 314 g/mol. The van der Waals surface area contributed by atoms with E-state index in [0.717, 1.165) is 5.56 Å². The molecule has 23 heavy (non-hydrogen) atoms. The third-order valence-corrected chi connectivity index (χ3v) is 3.54. The lowest BCUT2D eigenvalue weighted by atomic mass is 9.95. The van der Waals surface area contributed by atoms with Crippen LogP contribution in [0.15, 0.2) is 41.9 Å². The van der Waals surface area contributed by atoms with E-state index in [1.165, 1.54) is 6.33 Å². The van der Waals surface area contributed by atoms with Gasteiger partial charge in [-0.2, -0.15) is 10.1 Å². The van der Waals surface area contributed by atoms with Crippen LogP contribution in [0.4, 0.5) is 5.95 Å². The molecule has 1 unspecified atom stereocenters. The number of carbonyl (C=O) groups is 1. The Morgan fingerprint density at radius 1 is 1.43 bits per heavy atom. The van der Waals surface area contributed by atoms with Gasteiger partial charge in [-0.25, -0.2) is 9.48 Å². The number of fused-ring (bicyclic) bond motifs is 1. The lowest BCUT2D eigenvalue weighted by molar-refractivity contribution is -0.143. The van der Waals surface area contributed by atoms with Crippen molar-refractivity contribution in [3.05, 3.63) is 47.4 Å². The summed E-state index contributed by atoms with van der Waals surface area (Å²) in [7, 11) is 0. The van der Waals surface area contributed by atoms with Gasteiger partial charge in [0.25, 0.3) is 0 Å². The number of benzene rings is 1. The number of hydrogen-bond donors (Lipinski definition) is 2. The molecule has 1 aliphatic rings. The third kappa shape index (κ3) is 2.77. The van der Waals surface area contributed by atoms with Gasteiger partial charge in [-0.15, -0.1) is 0 Å². The van der Waals surface area contributed by atoms with Crippen LogP contribution in [0.5, 0.6) is 5.75 Å². The number of hydrogen-bond acceptors (Lipinski definition) is 6. The predicted molar refractivity (Wildman–Crippen MR) is 83.8 cm³/mol. The van der Waals surface area contributed by atoms with Gasteiger partial charge >= 0.3 is 5.97 Å². The number of ether oxygens (including phenoxy) is 1. The van der Waals surface area contributed by atoms with Crippen LogP contribution in [0.25, 0.3) is 0 Å². The van der Waals surface area contributed by atoms with E-state index in [4.69, 9.17) is 4.74 Å². The molecule has 7 nitrogen and oxygen atoms in total. The number of rotatable bonds is 3. The van der Waals surface area contributed by atoms with Crippen LogP contribution in [-0.4, -0.2) is 31.9 Å². The molecular weight excluding hydrogens is 296 g/mol. The summed E-state index contributed by atoms with van der Waals surface area (Å²) in [5.41, 5.74) is 1.83. The molecule has 2 aromatic rings. The van der Waals surface area contributed by atoms with E-state index in [0.29, 0.717) is 17.2 Å². The van der Waals surface area contributed by atoms with Crippen LogP contribution in [0.3, 0.4) is 0 Å². The van der Waals surface area contributed by atoms with Gasteiger partial charge in [-0.05, 0) is 38.5 Å².